The van der Waals surface area contributed by atoms with Crippen LogP contribution in [0.15, 0.2) is 53.6 Å². The van der Waals surface area contributed by atoms with Crippen LogP contribution in [0.1, 0.15) is 40.7 Å². The van der Waals surface area contributed by atoms with Crippen LogP contribution in [0.3, 0.4) is 0 Å². The Kier molecular flexibility index (Phi) is 12.4. The lowest BCUT2D eigenvalue weighted by molar-refractivity contribution is -0.122. The highest BCUT2D eigenvalue weighted by molar-refractivity contribution is 6.31. The molecule has 0 radical (unpaired) electrons. The van der Waals surface area contributed by atoms with Crippen molar-refractivity contribution in [2.75, 3.05) is 46.6 Å². The highest BCUT2D eigenvalue weighted by atomic mass is 35.5. The van der Waals surface area contributed by atoms with Crippen LogP contribution in [0.25, 0.3) is 22.3 Å². The van der Waals surface area contributed by atoms with E-state index in [1.807, 2.05) is 30.3 Å². The maximum absolute atomic E-state index is 13.6. The zero-order valence-corrected chi connectivity index (χ0v) is 28.9. The molecule has 1 amide bonds. The molecule has 3 heterocycles. The van der Waals surface area contributed by atoms with Gasteiger partial charge in [0.25, 0.3) is 5.56 Å². The van der Waals surface area contributed by atoms with Crippen molar-refractivity contribution in [1.29, 1.82) is 0 Å². The summed E-state index contributed by atoms with van der Waals surface area (Å²) in [5.74, 6) is 1.81. The van der Waals surface area contributed by atoms with Gasteiger partial charge in [-0.2, -0.15) is 5.10 Å². The molecule has 4 aromatic rings. The number of hydrogen-bond acceptors (Lipinski definition) is 10. The summed E-state index contributed by atoms with van der Waals surface area (Å²) in [6, 6.07) is 12.7. The van der Waals surface area contributed by atoms with Crippen molar-refractivity contribution in [3.8, 4) is 23.6 Å². The number of carbonyl (C=O) groups excluding carboxylic acids is 2. The van der Waals surface area contributed by atoms with Crippen LogP contribution >= 0.6 is 11.6 Å². The number of aromatic nitrogens is 4. The van der Waals surface area contributed by atoms with Crippen molar-refractivity contribution in [1.82, 2.24) is 29.5 Å². The summed E-state index contributed by atoms with van der Waals surface area (Å²) < 4.78 is 18.3. The van der Waals surface area contributed by atoms with Gasteiger partial charge >= 0.3 is 5.97 Å². The molecule has 1 aliphatic heterocycles. The fourth-order valence-electron chi connectivity index (χ4n) is 5.88. The number of rotatable bonds is 15. The van der Waals surface area contributed by atoms with Crippen LogP contribution in [0, 0.1) is 12.3 Å². The first kappa shape index (κ1) is 36.7. The smallest absolute Gasteiger partial charge is 0.337 e. The number of likely N-dealkylation sites (tertiary alicyclic amines) is 1. The number of halogens is 1. The van der Waals surface area contributed by atoms with Gasteiger partial charge in [-0.05, 0) is 36.1 Å². The molecule has 0 saturated carbocycles. The number of aryl methyl sites for hydroxylation is 1. The molecule has 0 aliphatic carbocycles. The Morgan fingerprint density at radius 2 is 1.82 bits per heavy atom. The molecule has 2 N–H and O–H groups in total. The highest BCUT2D eigenvalue weighted by Gasteiger charge is 2.33. The van der Waals surface area contributed by atoms with Gasteiger partial charge in [-0.15, -0.1) is 6.42 Å². The number of nitrogens with one attached hydrogen (secondary N) is 1. The van der Waals surface area contributed by atoms with Crippen molar-refractivity contribution < 1.29 is 28.9 Å². The number of hydrogen-bond donors (Lipinski definition) is 2. The van der Waals surface area contributed by atoms with E-state index in [0.717, 1.165) is 16.7 Å². The van der Waals surface area contributed by atoms with E-state index in [9.17, 15) is 19.5 Å². The SMILES string of the molecule is C#CCOCCOCCC(=O)NCc1ccc(-c2c3ncn(CC4(O)CCN(Cc5ccc(C(=O)OC)cc5Cl)CC4)c(=O)c3nn2C)cc1. The Labute approximate surface area is 295 Å². The van der Waals surface area contributed by atoms with Crippen LogP contribution in [-0.4, -0.2) is 93.4 Å². The lowest BCUT2D eigenvalue weighted by atomic mass is 9.91. The molecule has 1 saturated heterocycles. The molecular formula is C36H41ClN6O7. The van der Waals surface area contributed by atoms with Gasteiger partial charge in [-0.3, -0.25) is 23.7 Å². The van der Waals surface area contributed by atoms with Crippen LogP contribution in [0.2, 0.25) is 5.02 Å². The molecular weight excluding hydrogens is 664 g/mol. The second-order valence-corrected chi connectivity index (χ2v) is 12.6. The van der Waals surface area contributed by atoms with E-state index in [1.54, 1.807) is 23.9 Å². The van der Waals surface area contributed by atoms with Crippen molar-refractivity contribution in [3.05, 3.63) is 80.9 Å². The Hall–Kier alpha value is -4.58. The number of fused-ring (bicyclic) bond motifs is 1. The molecule has 50 heavy (non-hydrogen) atoms. The summed E-state index contributed by atoms with van der Waals surface area (Å²) in [6.07, 6.45) is 7.73. The fraction of sp³-hybridized carbons (Fsp3) is 0.417. The number of methoxy groups -OCH3 is 1. The molecule has 0 unspecified atom stereocenters. The minimum Gasteiger partial charge on any atom is -0.465 e. The normalized spacial score (nSPS) is 14.4. The maximum atomic E-state index is 13.6. The van der Waals surface area contributed by atoms with Gasteiger partial charge in [0.1, 0.15) is 12.1 Å². The van der Waals surface area contributed by atoms with Crippen molar-refractivity contribution in [3.63, 3.8) is 0 Å². The molecule has 0 bridgehead atoms. The molecule has 1 fully saturated rings. The lowest BCUT2D eigenvalue weighted by Crippen LogP contribution is -2.47. The number of ether oxygens (including phenoxy) is 3. The minimum absolute atomic E-state index is 0.0938. The van der Waals surface area contributed by atoms with E-state index in [-0.39, 0.29) is 43.2 Å². The van der Waals surface area contributed by atoms with Crippen molar-refractivity contribution in [2.45, 2.75) is 44.5 Å². The molecule has 5 rings (SSSR count). The second kappa shape index (κ2) is 16.9. The van der Waals surface area contributed by atoms with Crippen LogP contribution < -0.4 is 10.9 Å². The Morgan fingerprint density at radius 3 is 2.52 bits per heavy atom. The topological polar surface area (TPSA) is 150 Å². The number of benzene rings is 2. The standard InChI is InChI=1S/C36H41ClN6O7/c1-4-16-49-18-19-50-17-11-30(44)38-21-25-5-7-26(8-6-25)33-31-32(40-41(33)2)34(45)43(24-39-31)23-36(47)12-14-42(15-13-36)22-28-10-9-27(20-29(28)37)35(46)48-3/h1,5-10,20,24,47H,11-19,21-23H2,2-3H3,(H,38,44). The van der Waals surface area contributed by atoms with Crippen molar-refractivity contribution in [2.24, 2.45) is 7.05 Å². The van der Waals surface area contributed by atoms with Crippen LogP contribution in [0.5, 0.6) is 0 Å². The third-order valence-corrected chi connectivity index (χ3v) is 9.03. The molecule has 2 aromatic carbocycles. The summed E-state index contributed by atoms with van der Waals surface area (Å²) in [5.41, 5.74) is 2.95. The third kappa shape index (κ3) is 9.15. The van der Waals surface area contributed by atoms with Gasteiger partial charge < -0.3 is 24.6 Å². The monoisotopic (exact) mass is 704 g/mol. The number of carbonyl (C=O) groups is 2. The van der Waals surface area contributed by atoms with Gasteiger partial charge in [0.05, 0.1) is 56.7 Å². The first-order valence-corrected chi connectivity index (χ1v) is 16.7. The van der Waals surface area contributed by atoms with E-state index < -0.39 is 11.6 Å². The van der Waals surface area contributed by atoms with E-state index in [2.05, 4.69) is 26.2 Å². The first-order chi connectivity index (χ1) is 24.1. The zero-order valence-electron chi connectivity index (χ0n) is 28.2. The van der Waals surface area contributed by atoms with E-state index in [0.29, 0.717) is 74.0 Å². The summed E-state index contributed by atoms with van der Waals surface area (Å²) in [5, 5.41) is 19.3. The van der Waals surface area contributed by atoms with Gasteiger partial charge in [-0.1, -0.05) is 47.9 Å². The predicted molar refractivity (Wildman–Crippen MR) is 187 cm³/mol. The summed E-state index contributed by atoms with van der Waals surface area (Å²) in [7, 11) is 3.08. The van der Waals surface area contributed by atoms with Gasteiger partial charge in [-0.25, -0.2) is 9.78 Å². The van der Waals surface area contributed by atoms with Crippen LogP contribution in [-0.2, 0) is 45.7 Å². The first-order valence-electron chi connectivity index (χ1n) is 16.3. The predicted octanol–water partition coefficient (Wildman–Crippen LogP) is 2.94. The van der Waals surface area contributed by atoms with Crippen molar-refractivity contribution >= 4 is 34.5 Å². The summed E-state index contributed by atoms with van der Waals surface area (Å²) in [6.45, 7) is 3.50. The molecule has 1 aliphatic rings. The van der Waals surface area contributed by atoms with E-state index in [4.69, 9.17) is 32.2 Å². The zero-order chi connectivity index (χ0) is 35.7. The molecule has 0 spiro atoms. The highest BCUT2D eigenvalue weighted by Crippen LogP contribution is 2.29. The third-order valence-electron chi connectivity index (χ3n) is 8.68. The number of amides is 1. The number of terminal acetylenes is 1. The Bertz CT molecular complexity index is 1910. The minimum atomic E-state index is -1.10. The van der Waals surface area contributed by atoms with Gasteiger partial charge in [0.15, 0.2) is 5.52 Å². The van der Waals surface area contributed by atoms with Gasteiger partial charge in [0, 0.05) is 50.2 Å². The second-order valence-electron chi connectivity index (χ2n) is 12.2. The number of piperidine rings is 1. The van der Waals surface area contributed by atoms with Gasteiger partial charge in [0.2, 0.25) is 5.91 Å². The molecule has 13 nitrogen and oxygen atoms in total. The average molecular weight is 705 g/mol. The quantitative estimate of drug-likeness (QED) is 0.107. The number of aliphatic hydroxyl groups is 1. The molecule has 14 heteroatoms. The number of esters is 1. The van der Waals surface area contributed by atoms with E-state index in [1.165, 1.54) is 18.0 Å². The maximum Gasteiger partial charge on any atom is 0.337 e. The summed E-state index contributed by atoms with van der Waals surface area (Å²) in [4.78, 5) is 44.3. The summed E-state index contributed by atoms with van der Waals surface area (Å²) >= 11 is 6.43. The van der Waals surface area contributed by atoms with E-state index >= 15 is 0 Å². The van der Waals surface area contributed by atoms with Crippen LogP contribution in [0.4, 0.5) is 0 Å². The lowest BCUT2D eigenvalue weighted by Gasteiger charge is -2.38. The molecule has 0 atom stereocenters. The average Bonchev–Trinajstić information content (AvgIpc) is 3.46. The fourth-order valence-corrected chi connectivity index (χ4v) is 6.12. The largest absolute Gasteiger partial charge is 0.465 e. The Morgan fingerprint density at radius 1 is 1.08 bits per heavy atom. The Balaban J connectivity index is 1.16. The molecule has 2 aromatic heterocycles. The molecule has 264 valence electrons. The number of nitrogens with zero attached hydrogens (tertiary/aromatic N) is 5.